The normalized spacial score (nSPS) is 16.2. The lowest BCUT2D eigenvalue weighted by Gasteiger charge is -2.24. The van der Waals surface area contributed by atoms with Crippen LogP contribution in [0.2, 0.25) is 0 Å². The first-order valence-electron chi connectivity index (χ1n) is 7.59. The first-order chi connectivity index (χ1) is 11.9. The second kappa shape index (κ2) is 8.08. The third-order valence-corrected chi connectivity index (χ3v) is 3.80. The zero-order valence-electron chi connectivity index (χ0n) is 13.6. The maximum Gasteiger partial charge on any atom is 0.407 e. The average Bonchev–Trinajstić information content (AvgIpc) is 3.09. The predicted molar refractivity (Wildman–Crippen MR) is 86.9 cm³/mol. The largest absolute Gasteiger partial charge is 0.453 e. The summed E-state index contributed by atoms with van der Waals surface area (Å²) in [6, 6.07) is 5.04. The van der Waals surface area contributed by atoms with Gasteiger partial charge in [-0.15, -0.1) is 0 Å². The zero-order valence-corrected chi connectivity index (χ0v) is 13.6. The van der Waals surface area contributed by atoms with Gasteiger partial charge < -0.3 is 20.3 Å². The molecule has 0 unspecified atom stereocenters. The fourth-order valence-corrected chi connectivity index (χ4v) is 2.61. The van der Waals surface area contributed by atoms with Crippen molar-refractivity contribution in [1.29, 1.82) is 0 Å². The predicted octanol–water partition coefficient (Wildman–Crippen LogP) is 0.880. The van der Waals surface area contributed by atoms with Crippen LogP contribution in [0.1, 0.15) is 12.8 Å². The van der Waals surface area contributed by atoms with Crippen LogP contribution in [0.5, 0.6) is 0 Å². The van der Waals surface area contributed by atoms with Gasteiger partial charge in [0.15, 0.2) is 0 Å². The molecule has 0 aromatic heterocycles. The van der Waals surface area contributed by atoms with Crippen LogP contribution in [0, 0.1) is 10.1 Å². The van der Waals surface area contributed by atoms with Gasteiger partial charge in [0.05, 0.1) is 12.0 Å². The highest BCUT2D eigenvalue weighted by Crippen LogP contribution is 2.25. The number of ether oxygens (including phenoxy) is 1. The number of likely N-dealkylation sites (tertiary alicyclic amines) is 1. The summed E-state index contributed by atoms with van der Waals surface area (Å²) in [5.41, 5.74) is -0.149. The van der Waals surface area contributed by atoms with Crippen molar-refractivity contribution >= 4 is 29.3 Å². The molecular formula is C15H18N4O6. The summed E-state index contributed by atoms with van der Waals surface area (Å²) in [6.07, 6.45) is 0.323. The van der Waals surface area contributed by atoms with E-state index in [0.29, 0.717) is 19.4 Å². The minimum absolute atomic E-state index is 0.0736. The minimum Gasteiger partial charge on any atom is -0.453 e. The number of nitrogens with zero attached hydrogens (tertiary/aromatic N) is 2. The number of nitro benzene ring substituents is 1. The molecule has 1 saturated heterocycles. The molecular weight excluding hydrogens is 332 g/mol. The number of carbonyl (C=O) groups excluding carboxylic acids is 3. The average molecular weight is 350 g/mol. The van der Waals surface area contributed by atoms with Crippen molar-refractivity contribution < 1.29 is 24.0 Å². The summed E-state index contributed by atoms with van der Waals surface area (Å²) in [7, 11) is 1.18. The van der Waals surface area contributed by atoms with Gasteiger partial charge in [0.2, 0.25) is 11.8 Å². The van der Waals surface area contributed by atoms with Crippen molar-refractivity contribution in [3.05, 3.63) is 34.4 Å². The van der Waals surface area contributed by atoms with Gasteiger partial charge in [-0.3, -0.25) is 19.7 Å². The van der Waals surface area contributed by atoms with Gasteiger partial charge in [-0.25, -0.2) is 4.79 Å². The molecule has 1 aliphatic heterocycles. The standard InChI is InChI=1S/C15H18N4O6/c1-25-15(22)16-9-13(20)18-8-4-7-12(18)14(21)17-10-5-2-3-6-11(10)19(23)24/h2-3,5-6,12H,4,7-9H2,1H3,(H,16,22)(H,17,21)/t12-/m0/s1. The lowest BCUT2D eigenvalue weighted by Crippen LogP contribution is -2.47. The molecule has 1 fully saturated rings. The van der Waals surface area contributed by atoms with Gasteiger partial charge in [-0.05, 0) is 18.9 Å². The molecule has 2 rings (SSSR count). The van der Waals surface area contributed by atoms with Crippen molar-refractivity contribution in [3.8, 4) is 0 Å². The molecule has 1 heterocycles. The number of nitrogens with one attached hydrogen (secondary N) is 2. The maximum atomic E-state index is 12.5. The van der Waals surface area contributed by atoms with Crippen LogP contribution >= 0.6 is 0 Å². The highest BCUT2D eigenvalue weighted by atomic mass is 16.6. The lowest BCUT2D eigenvalue weighted by molar-refractivity contribution is -0.383. The van der Waals surface area contributed by atoms with Crippen molar-refractivity contribution in [1.82, 2.24) is 10.2 Å². The van der Waals surface area contributed by atoms with E-state index in [0.717, 1.165) is 0 Å². The molecule has 1 aliphatic rings. The number of nitro groups is 1. The molecule has 134 valence electrons. The highest BCUT2D eigenvalue weighted by Gasteiger charge is 2.34. The number of methoxy groups -OCH3 is 1. The molecule has 0 spiro atoms. The smallest absolute Gasteiger partial charge is 0.407 e. The van der Waals surface area contributed by atoms with E-state index in [9.17, 15) is 24.5 Å². The van der Waals surface area contributed by atoms with E-state index >= 15 is 0 Å². The third kappa shape index (κ3) is 4.43. The van der Waals surface area contributed by atoms with Gasteiger partial charge in [0.25, 0.3) is 5.69 Å². The number of hydrogen-bond acceptors (Lipinski definition) is 6. The number of carbonyl (C=O) groups is 3. The molecule has 0 bridgehead atoms. The monoisotopic (exact) mass is 350 g/mol. The second-order valence-electron chi connectivity index (χ2n) is 5.35. The van der Waals surface area contributed by atoms with E-state index in [-0.39, 0.29) is 17.9 Å². The summed E-state index contributed by atoms with van der Waals surface area (Å²) >= 11 is 0. The zero-order chi connectivity index (χ0) is 18.4. The van der Waals surface area contributed by atoms with E-state index < -0.39 is 28.9 Å². The number of hydrogen-bond donors (Lipinski definition) is 2. The molecule has 10 nitrogen and oxygen atoms in total. The van der Waals surface area contributed by atoms with Crippen LogP contribution in [-0.2, 0) is 14.3 Å². The molecule has 2 N–H and O–H groups in total. The minimum atomic E-state index is -0.744. The molecule has 1 atom stereocenters. The number of rotatable bonds is 5. The Kier molecular flexibility index (Phi) is 5.88. The van der Waals surface area contributed by atoms with Gasteiger partial charge >= 0.3 is 6.09 Å². The number of amides is 3. The van der Waals surface area contributed by atoms with Gasteiger partial charge in [0.1, 0.15) is 18.3 Å². The number of alkyl carbamates (subject to hydrolysis) is 1. The summed E-state index contributed by atoms with van der Waals surface area (Å²) in [5.74, 6) is -0.927. The summed E-state index contributed by atoms with van der Waals surface area (Å²) in [5, 5.41) is 15.8. The van der Waals surface area contributed by atoms with E-state index in [1.165, 1.54) is 30.2 Å². The lowest BCUT2D eigenvalue weighted by atomic mass is 10.2. The Morgan fingerprint density at radius 2 is 2.08 bits per heavy atom. The van der Waals surface area contributed by atoms with Gasteiger partial charge in [-0.1, -0.05) is 12.1 Å². The number of para-hydroxylation sites is 2. The Labute approximate surface area is 143 Å². The number of benzene rings is 1. The SMILES string of the molecule is COC(=O)NCC(=O)N1CCC[C@H]1C(=O)Nc1ccccc1[N+](=O)[O-]. The molecule has 0 radical (unpaired) electrons. The van der Waals surface area contributed by atoms with Crippen molar-refractivity contribution in [3.63, 3.8) is 0 Å². The molecule has 1 aromatic rings. The Hall–Kier alpha value is -3.17. The van der Waals surface area contributed by atoms with E-state index in [1.54, 1.807) is 6.07 Å². The number of anilines is 1. The Balaban J connectivity index is 2.04. The fourth-order valence-electron chi connectivity index (χ4n) is 2.61. The third-order valence-electron chi connectivity index (χ3n) is 3.80. The van der Waals surface area contributed by atoms with E-state index in [4.69, 9.17) is 0 Å². The van der Waals surface area contributed by atoms with Crippen LogP contribution < -0.4 is 10.6 Å². The van der Waals surface area contributed by atoms with Crippen LogP contribution in [0.4, 0.5) is 16.2 Å². The maximum absolute atomic E-state index is 12.5. The molecule has 25 heavy (non-hydrogen) atoms. The Morgan fingerprint density at radius 1 is 1.36 bits per heavy atom. The summed E-state index contributed by atoms with van der Waals surface area (Å²) in [6.45, 7) is 0.0819. The fraction of sp³-hybridized carbons (Fsp3) is 0.400. The molecule has 0 saturated carbocycles. The first-order valence-corrected chi connectivity index (χ1v) is 7.59. The molecule has 3 amide bonds. The van der Waals surface area contributed by atoms with Gasteiger partial charge in [0, 0.05) is 12.6 Å². The summed E-state index contributed by atoms with van der Waals surface area (Å²) < 4.78 is 4.39. The second-order valence-corrected chi connectivity index (χ2v) is 5.35. The van der Waals surface area contributed by atoms with Crippen LogP contribution in [0.25, 0.3) is 0 Å². The van der Waals surface area contributed by atoms with Crippen molar-refractivity contribution in [2.45, 2.75) is 18.9 Å². The molecule has 10 heteroatoms. The van der Waals surface area contributed by atoms with Crippen LogP contribution in [0.15, 0.2) is 24.3 Å². The highest BCUT2D eigenvalue weighted by molar-refractivity contribution is 5.99. The topological polar surface area (TPSA) is 131 Å². The van der Waals surface area contributed by atoms with E-state index in [2.05, 4.69) is 15.4 Å². The molecule has 1 aromatic carbocycles. The van der Waals surface area contributed by atoms with Gasteiger partial charge in [-0.2, -0.15) is 0 Å². The van der Waals surface area contributed by atoms with Crippen LogP contribution in [-0.4, -0.2) is 54.0 Å². The first kappa shape index (κ1) is 18.2. The Bertz CT molecular complexity index is 692. The van der Waals surface area contributed by atoms with Crippen molar-refractivity contribution in [2.75, 3.05) is 25.5 Å². The Morgan fingerprint density at radius 3 is 2.76 bits per heavy atom. The van der Waals surface area contributed by atoms with E-state index in [1.807, 2.05) is 0 Å². The van der Waals surface area contributed by atoms with Crippen LogP contribution in [0.3, 0.4) is 0 Å². The van der Waals surface area contributed by atoms with Crippen molar-refractivity contribution in [2.24, 2.45) is 0 Å². The summed E-state index contributed by atoms with van der Waals surface area (Å²) in [4.78, 5) is 47.4. The molecule has 0 aliphatic carbocycles. The quantitative estimate of drug-likeness (QED) is 0.599.